The van der Waals surface area contributed by atoms with E-state index in [0.717, 1.165) is 0 Å². The molecule has 0 fully saturated rings. The van der Waals surface area contributed by atoms with Crippen molar-refractivity contribution in [2.24, 2.45) is 0 Å². The molecule has 1 aromatic heterocycles. The number of anilines is 1. The molecule has 0 aliphatic heterocycles. The fraction of sp³-hybridized carbons (Fsp3) is 0.545. The van der Waals surface area contributed by atoms with Crippen LogP contribution in [0.2, 0.25) is 0 Å². The number of halogens is 1. The van der Waals surface area contributed by atoms with Gasteiger partial charge in [0.25, 0.3) is 5.69 Å². The molecule has 7 heteroatoms. The van der Waals surface area contributed by atoms with E-state index in [1.165, 1.54) is 6.20 Å². The Morgan fingerprint density at radius 3 is 2.83 bits per heavy atom. The van der Waals surface area contributed by atoms with Crippen molar-refractivity contribution in [2.75, 3.05) is 18.5 Å². The van der Waals surface area contributed by atoms with Crippen LogP contribution in [0.3, 0.4) is 0 Å². The van der Waals surface area contributed by atoms with Gasteiger partial charge in [0.2, 0.25) is 0 Å². The van der Waals surface area contributed by atoms with E-state index in [1.54, 1.807) is 6.92 Å². The number of hydrogen-bond donors (Lipinski definition) is 1. The van der Waals surface area contributed by atoms with Gasteiger partial charge in [0.15, 0.2) is 0 Å². The van der Waals surface area contributed by atoms with E-state index in [4.69, 9.17) is 4.74 Å². The minimum Gasteiger partial charge on any atom is -0.377 e. The summed E-state index contributed by atoms with van der Waals surface area (Å²) in [5.74, 6) is 0.588. The Hall–Kier alpha value is -1.21. The van der Waals surface area contributed by atoms with Crippen molar-refractivity contribution in [3.8, 4) is 0 Å². The van der Waals surface area contributed by atoms with Crippen LogP contribution >= 0.6 is 15.9 Å². The van der Waals surface area contributed by atoms with Gasteiger partial charge in [0.05, 0.1) is 22.1 Å². The summed E-state index contributed by atoms with van der Waals surface area (Å²) in [6.45, 7) is 6.76. The molecule has 1 N–H and O–H groups in total. The topological polar surface area (TPSA) is 77.3 Å². The maximum atomic E-state index is 10.7. The van der Waals surface area contributed by atoms with Crippen LogP contribution in [0.15, 0.2) is 10.7 Å². The van der Waals surface area contributed by atoms with Crippen LogP contribution in [-0.4, -0.2) is 29.2 Å². The molecular weight excluding hydrogens is 302 g/mol. The Bertz CT molecular complexity index is 438. The molecule has 0 bridgehead atoms. The quantitative estimate of drug-likeness (QED) is 0.496. The Morgan fingerprint density at radius 2 is 2.28 bits per heavy atom. The van der Waals surface area contributed by atoms with Crippen LogP contribution in [-0.2, 0) is 4.74 Å². The molecule has 0 radical (unpaired) electrons. The van der Waals surface area contributed by atoms with Gasteiger partial charge in [0, 0.05) is 12.1 Å². The van der Waals surface area contributed by atoms with Gasteiger partial charge >= 0.3 is 0 Å². The molecule has 1 heterocycles. The van der Waals surface area contributed by atoms with Crippen LogP contribution in [0.4, 0.5) is 11.5 Å². The predicted molar refractivity (Wildman–Crippen MR) is 72.9 cm³/mol. The smallest absolute Gasteiger partial charge is 0.291 e. The highest BCUT2D eigenvalue weighted by molar-refractivity contribution is 9.10. The molecule has 0 unspecified atom stereocenters. The second-order valence-electron chi connectivity index (χ2n) is 4.03. The van der Waals surface area contributed by atoms with Gasteiger partial charge in [-0.05, 0) is 36.7 Å². The van der Waals surface area contributed by atoms with Gasteiger partial charge in [-0.1, -0.05) is 0 Å². The number of nitrogens with one attached hydrogen (secondary N) is 1. The van der Waals surface area contributed by atoms with E-state index in [2.05, 4.69) is 26.2 Å². The molecule has 0 saturated carbocycles. The van der Waals surface area contributed by atoms with E-state index < -0.39 is 4.92 Å². The molecular formula is C11H16BrN3O3. The first kappa shape index (κ1) is 14.8. The van der Waals surface area contributed by atoms with Crippen LogP contribution in [0.25, 0.3) is 0 Å². The van der Waals surface area contributed by atoms with E-state index in [1.807, 2.05) is 13.8 Å². The van der Waals surface area contributed by atoms with Crippen molar-refractivity contribution in [3.05, 3.63) is 26.3 Å². The Kier molecular flexibility index (Phi) is 5.49. The second kappa shape index (κ2) is 6.65. The van der Waals surface area contributed by atoms with Gasteiger partial charge in [-0.25, -0.2) is 4.98 Å². The first-order chi connectivity index (χ1) is 8.43. The average molecular weight is 318 g/mol. The van der Waals surface area contributed by atoms with Crippen molar-refractivity contribution in [2.45, 2.75) is 26.9 Å². The van der Waals surface area contributed by atoms with E-state index in [0.29, 0.717) is 29.0 Å². The molecule has 1 rings (SSSR count). The largest absolute Gasteiger partial charge is 0.377 e. The second-order valence-corrected chi connectivity index (χ2v) is 4.83. The van der Waals surface area contributed by atoms with E-state index >= 15 is 0 Å². The van der Waals surface area contributed by atoms with E-state index in [-0.39, 0.29) is 11.8 Å². The Balaban J connectivity index is 2.68. The fourth-order valence-electron chi connectivity index (χ4n) is 1.34. The van der Waals surface area contributed by atoms with Gasteiger partial charge in [-0.15, -0.1) is 0 Å². The molecule has 0 amide bonds. The molecule has 100 valence electrons. The third kappa shape index (κ3) is 3.92. The van der Waals surface area contributed by atoms with Crippen LogP contribution in [0, 0.1) is 17.0 Å². The van der Waals surface area contributed by atoms with Crippen molar-refractivity contribution in [1.82, 2.24) is 4.98 Å². The lowest BCUT2D eigenvalue weighted by Crippen LogP contribution is -2.14. The maximum Gasteiger partial charge on any atom is 0.291 e. The zero-order valence-electron chi connectivity index (χ0n) is 10.6. The van der Waals surface area contributed by atoms with Gasteiger partial charge in [-0.2, -0.15) is 0 Å². The molecule has 0 aliphatic carbocycles. The summed E-state index contributed by atoms with van der Waals surface area (Å²) in [6, 6.07) is 0. The molecule has 18 heavy (non-hydrogen) atoms. The van der Waals surface area contributed by atoms with Crippen molar-refractivity contribution < 1.29 is 9.66 Å². The molecule has 6 nitrogen and oxygen atoms in total. The summed E-state index contributed by atoms with van der Waals surface area (Å²) in [6.07, 6.45) is 1.44. The Morgan fingerprint density at radius 1 is 1.61 bits per heavy atom. The number of nitro groups is 1. The lowest BCUT2D eigenvalue weighted by molar-refractivity contribution is -0.385. The number of ether oxygens (including phenoxy) is 1. The fourth-order valence-corrected chi connectivity index (χ4v) is 1.79. The van der Waals surface area contributed by atoms with Crippen molar-refractivity contribution in [1.29, 1.82) is 0 Å². The lowest BCUT2D eigenvalue weighted by Gasteiger charge is -2.11. The van der Waals surface area contributed by atoms with Crippen molar-refractivity contribution in [3.63, 3.8) is 0 Å². The van der Waals surface area contributed by atoms with Gasteiger partial charge in [0.1, 0.15) is 12.0 Å². The van der Waals surface area contributed by atoms with Gasteiger partial charge in [-0.3, -0.25) is 10.1 Å². The zero-order valence-corrected chi connectivity index (χ0v) is 12.2. The maximum absolute atomic E-state index is 10.7. The molecule has 0 aliphatic rings. The summed E-state index contributed by atoms with van der Waals surface area (Å²) in [4.78, 5) is 14.3. The molecule has 0 saturated heterocycles. The minimum absolute atomic E-state index is 0.00542. The third-order valence-corrected chi connectivity index (χ3v) is 3.25. The average Bonchev–Trinajstić information content (AvgIpc) is 2.29. The molecule has 0 aromatic carbocycles. The highest BCUT2D eigenvalue weighted by Gasteiger charge is 2.16. The first-order valence-electron chi connectivity index (χ1n) is 5.58. The van der Waals surface area contributed by atoms with Crippen LogP contribution in [0.5, 0.6) is 0 Å². The summed E-state index contributed by atoms with van der Waals surface area (Å²) in [5, 5.41) is 13.8. The summed E-state index contributed by atoms with van der Waals surface area (Å²) in [5.41, 5.74) is 0.563. The number of hydrogen-bond acceptors (Lipinski definition) is 5. The monoisotopic (exact) mass is 317 g/mol. The lowest BCUT2D eigenvalue weighted by atomic mass is 10.2. The van der Waals surface area contributed by atoms with Crippen molar-refractivity contribution >= 4 is 27.4 Å². The minimum atomic E-state index is -0.446. The standard InChI is InChI=1S/C11H16BrN3O3/c1-7(2)18-5-4-13-11-10(12)8(3)9(6-14-11)15(16)17/h6-7H,4-5H2,1-3H3,(H,13,14). The highest BCUT2D eigenvalue weighted by atomic mass is 79.9. The summed E-state index contributed by atoms with van der Waals surface area (Å²) >= 11 is 3.31. The highest BCUT2D eigenvalue weighted by Crippen LogP contribution is 2.30. The van der Waals surface area contributed by atoms with Gasteiger partial charge < -0.3 is 10.1 Å². The third-order valence-electron chi connectivity index (χ3n) is 2.28. The number of aromatic nitrogens is 1. The Labute approximate surface area is 114 Å². The van der Waals surface area contributed by atoms with Crippen LogP contribution < -0.4 is 5.32 Å². The zero-order chi connectivity index (χ0) is 13.7. The SMILES string of the molecule is Cc1c([N+](=O)[O-])cnc(NCCOC(C)C)c1Br. The van der Waals surface area contributed by atoms with E-state index in [9.17, 15) is 10.1 Å². The normalized spacial score (nSPS) is 10.7. The predicted octanol–water partition coefficient (Wildman–Crippen LogP) is 2.90. The number of rotatable bonds is 6. The van der Waals surface area contributed by atoms with Crippen LogP contribution in [0.1, 0.15) is 19.4 Å². The molecule has 1 aromatic rings. The molecule has 0 spiro atoms. The first-order valence-corrected chi connectivity index (χ1v) is 6.37. The molecule has 0 atom stereocenters. The summed E-state index contributed by atoms with van der Waals surface area (Å²) in [7, 11) is 0. The summed E-state index contributed by atoms with van der Waals surface area (Å²) < 4.78 is 5.99. The number of pyridine rings is 1. The number of nitrogens with zero attached hydrogens (tertiary/aromatic N) is 2.